The predicted molar refractivity (Wildman–Crippen MR) is 80.4 cm³/mol. The predicted octanol–water partition coefficient (Wildman–Crippen LogP) is 1.93. The quantitative estimate of drug-likeness (QED) is 0.838. The van der Waals surface area contributed by atoms with Crippen molar-refractivity contribution in [2.75, 3.05) is 33.2 Å². The molecule has 1 N–H and O–H groups in total. The second-order valence-electron chi connectivity index (χ2n) is 7.05. The molecule has 3 fully saturated rings. The Morgan fingerprint density at radius 3 is 2.21 bits per heavy atom. The highest BCUT2D eigenvalue weighted by Gasteiger charge is 2.41. The van der Waals surface area contributed by atoms with Crippen LogP contribution in [0.4, 0.5) is 0 Å². The molecule has 0 amide bonds. The topological polar surface area (TPSA) is 18.5 Å². The van der Waals surface area contributed by atoms with Crippen molar-refractivity contribution >= 4 is 0 Å². The number of nitrogens with zero attached hydrogens (tertiary/aromatic N) is 2. The second-order valence-corrected chi connectivity index (χ2v) is 7.05. The normalized spacial score (nSPS) is 37.9. The molecular formula is C16H31N3. The summed E-state index contributed by atoms with van der Waals surface area (Å²) >= 11 is 0. The number of hydrogen-bond acceptors (Lipinski definition) is 3. The lowest BCUT2D eigenvalue weighted by Gasteiger charge is -2.42. The summed E-state index contributed by atoms with van der Waals surface area (Å²) in [6.07, 6.45) is 8.55. The van der Waals surface area contributed by atoms with Gasteiger partial charge in [0.15, 0.2) is 0 Å². The van der Waals surface area contributed by atoms with Crippen molar-refractivity contribution in [2.45, 2.75) is 63.6 Å². The molecule has 0 aromatic carbocycles. The molecular weight excluding hydrogens is 234 g/mol. The van der Waals surface area contributed by atoms with Gasteiger partial charge in [-0.15, -0.1) is 0 Å². The first-order chi connectivity index (χ1) is 9.26. The highest BCUT2D eigenvalue weighted by atomic mass is 15.2. The van der Waals surface area contributed by atoms with Crippen LogP contribution in [-0.2, 0) is 0 Å². The van der Waals surface area contributed by atoms with Crippen molar-refractivity contribution in [2.24, 2.45) is 5.92 Å². The van der Waals surface area contributed by atoms with Crippen LogP contribution in [0.2, 0.25) is 0 Å². The first-order valence-corrected chi connectivity index (χ1v) is 8.44. The number of piperidine rings is 2. The van der Waals surface area contributed by atoms with E-state index in [0.717, 1.165) is 30.6 Å². The van der Waals surface area contributed by atoms with Crippen LogP contribution in [0.5, 0.6) is 0 Å². The average molecular weight is 265 g/mol. The summed E-state index contributed by atoms with van der Waals surface area (Å²) < 4.78 is 0. The third-order valence-corrected chi connectivity index (χ3v) is 5.68. The van der Waals surface area contributed by atoms with Crippen molar-refractivity contribution in [3.05, 3.63) is 0 Å². The van der Waals surface area contributed by atoms with Crippen LogP contribution in [0.3, 0.4) is 0 Å². The summed E-state index contributed by atoms with van der Waals surface area (Å²) in [5, 5.41) is 3.68. The van der Waals surface area contributed by atoms with Gasteiger partial charge in [0.1, 0.15) is 0 Å². The van der Waals surface area contributed by atoms with E-state index in [-0.39, 0.29) is 0 Å². The lowest BCUT2D eigenvalue weighted by atomic mass is 9.92. The Morgan fingerprint density at radius 1 is 1.00 bits per heavy atom. The molecule has 0 saturated carbocycles. The highest BCUT2D eigenvalue weighted by Crippen LogP contribution is 2.37. The highest BCUT2D eigenvalue weighted by molar-refractivity contribution is 4.98. The molecule has 3 nitrogen and oxygen atoms in total. The first kappa shape index (κ1) is 13.8. The van der Waals surface area contributed by atoms with Crippen LogP contribution < -0.4 is 5.32 Å². The van der Waals surface area contributed by atoms with E-state index in [1.165, 1.54) is 58.2 Å². The summed E-state index contributed by atoms with van der Waals surface area (Å²) in [4.78, 5) is 5.38. The molecule has 19 heavy (non-hydrogen) atoms. The lowest BCUT2D eigenvalue weighted by Crippen LogP contribution is -2.51. The standard InChI is InChI=1S/C16H31N3/c1-3-17-14-10-15-4-5-16(11-14)19(15)12-13-6-8-18(2)9-7-13/h13-17H,3-12H2,1-2H3. The molecule has 0 spiro atoms. The van der Waals surface area contributed by atoms with Crippen LogP contribution in [0.25, 0.3) is 0 Å². The van der Waals surface area contributed by atoms with E-state index in [1.807, 2.05) is 0 Å². The Labute approximate surface area is 118 Å². The van der Waals surface area contributed by atoms with Crippen molar-refractivity contribution in [1.82, 2.24) is 15.1 Å². The Bertz CT molecular complexity index is 272. The molecule has 2 unspecified atom stereocenters. The maximum atomic E-state index is 3.68. The summed E-state index contributed by atoms with van der Waals surface area (Å²) in [6, 6.07) is 2.58. The molecule has 3 saturated heterocycles. The zero-order valence-electron chi connectivity index (χ0n) is 12.8. The fraction of sp³-hybridized carbons (Fsp3) is 1.00. The second kappa shape index (κ2) is 6.11. The van der Waals surface area contributed by atoms with Crippen LogP contribution in [0.15, 0.2) is 0 Å². The van der Waals surface area contributed by atoms with E-state index in [1.54, 1.807) is 0 Å². The zero-order valence-corrected chi connectivity index (χ0v) is 12.8. The molecule has 3 rings (SSSR count). The number of likely N-dealkylation sites (tertiary alicyclic amines) is 1. The zero-order chi connectivity index (χ0) is 13.2. The SMILES string of the molecule is CCNC1CC2CCC(C1)N2CC1CCN(C)CC1. The largest absolute Gasteiger partial charge is 0.314 e. The monoisotopic (exact) mass is 265 g/mol. The van der Waals surface area contributed by atoms with Gasteiger partial charge in [-0.2, -0.15) is 0 Å². The third kappa shape index (κ3) is 3.14. The number of hydrogen-bond donors (Lipinski definition) is 1. The molecule has 2 atom stereocenters. The van der Waals surface area contributed by atoms with Gasteiger partial charge in [0.25, 0.3) is 0 Å². The van der Waals surface area contributed by atoms with Gasteiger partial charge in [-0.3, -0.25) is 4.90 Å². The van der Waals surface area contributed by atoms with Gasteiger partial charge in [0.2, 0.25) is 0 Å². The molecule has 3 heterocycles. The van der Waals surface area contributed by atoms with Gasteiger partial charge in [0, 0.05) is 24.7 Å². The molecule has 0 aliphatic carbocycles. The van der Waals surface area contributed by atoms with Gasteiger partial charge in [0.05, 0.1) is 0 Å². The lowest BCUT2D eigenvalue weighted by molar-refractivity contribution is 0.0798. The van der Waals surface area contributed by atoms with E-state index in [2.05, 4.69) is 29.1 Å². The maximum Gasteiger partial charge on any atom is 0.0114 e. The number of fused-ring (bicyclic) bond motifs is 2. The van der Waals surface area contributed by atoms with Gasteiger partial charge in [-0.25, -0.2) is 0 Å². The summed E-state index contributed by atoms with van der Waals surface area (Å²) in [5.41, 5.74) is 0. The molecule has 0 aromatic rings. The van der Waals surface area contributed by atoms with Crippen LogP contribution in [0, 0.1) is 5.92 Å². The fourth-order valence-corrected chi connectivity index (χ4v) is 4.57. The molecule has 0 radical (unpaired) electrons. The Hall–Kier alpha value is -0.120. The van der Waals surface area contributed by atoms with E-state index in [4.69, 9.17) is 0 Å². The van der Waals surface area contributed by atoms with E-state index >= 15 is 0 Å². The van der Waals surface area contributed by atoms with Gasteiger partial charge in [-0.1, -0.05) is 6.92 Å². The van der Waals surface area contributed by atoms with Crippen molar-refractivity contribution in [3.63, 3.8) is 0 Å². The Balaban J connectivity index is 1.52. The molecule has 3 heteroatoms. The van der Waals surface area contributed by atoms with E-state index in [9.17, 15) is 0 Å². The smallest absolute Gasteiger partial charge is 0.0114 e. The van der Waals surface area contributed by atoms with E-state index in [0.29, 0.717) is 0 Å². The average Bonchev–Trinajstić information content (AvgIpc) is 2.64. The van der Waals surface area contributed by atoms with Crippen molar-refractivity contribution in [3.8, 4) is 0 Å². The number of rotatable bonds is 4. The number of nitrogens with one attached hydrogen (secondary N) is 1. The van der Waals surface area contributed by atoms with Crippen molar-refractivity contribution < 1.29 is 0 Å². The van der Waals surface area contributed by atoms with Crippen LogP contribution >= 0.6 is 0 Å². The maximum absolute atomic E-state index is 3.68. The van der Waals surface area contributed by atoms with Crippen LogP contribution in [-0.4, -0.2) is 61.2 Å². The Morgan fingerprint density at radius 2 is 1.63 bits per heavy atom. The van der Waals surface area contributed by atoms with Gasteiger partial charge >= 0.3 is 0 Å². The molecule has 110 valence electrons. The minimum atomic E-state index is 0.802. The van der Waals surface area contributed by atoms with Crippen molar-refractivity contribution in [1.29, 1.82) is 0 Å². The minimum Gasteiger partial charge on any atom is -0.314 e. The molecule has 0 aromatic heterocycles. The molecule has 3 aliphatic heterocycles. The van der Waals surface area contributed by atoms with Gasteiger partial charge < -0.3 is 10.2 Å². The minimum absolute atomic E-state index is 0.802. The van der Waals surface area contributed by atoms with E-state index < -0.39 is 0 Å². The summed E-state index contributed by atoms with van der Waals surface area (Å²) in [6.45, 7) is 7.40. The summed E-state index contributed by atoms with van der Waals surface area (Å²) in [5.74, 6) is 0.968. The Kier molecular flexibility index (Phi) is 4.45. The summed E-state index contributed by atoms with van der Waals surface area (Å²) in [7, 11) is 2.27. The first-order valence-electron chi connectivity index (χ1n) is 8.44. The molecule has 3 aliphatic rings. The molecule has 2 bridgehead atoms. The fourth-order valence-electron chi connectivity index (χ4n) is 4.57. The van der Waals surface area contributed by atoms with Gasteiger partial charge in [-0.05, 0) is 71.1 Å². The third-order valence-electron chi connectivity index (χ3n) is 5.68. The van der Waals surface area contributed by atoms with Crippen LogP contribution in [0.1, 0.15) is 45.4 Å².